The fourth-order valence-electron chi connectivity index (χ4n) is 1.99. The Labute approximate surface area is 98.6 Å². The fraction of sp³-hybridized carbons (Fsp3) is 0.917. The maximum atomic E-state index is 12.0. The van der Waals surface area contributed by atoms with Crippen molar-refractivity contribution in [1.29, 1.82) is 0 Å². The monoisotopic (exact) mass is 227 g/mol. The Balaban J connectivity index is 2.39. The molecule has 16 heavy (non-hydrogen) atoms. The van der Waals surface area contributed by atoms with Crippen molar-refractivity contribution in [3.05, 3.63) is 0 Å². The molecule has 4 heteroatoms. The third-order valence-electron chi connectivity index (χ3n) is 3.23. The van der Waals surface area contributed by atoms with Gasteiger partial charge in [-0.15, -0.1) is 0 Å². The standard InChI is InChI=1S/C12H25N3O/c1-5-10(8(2)3)15-12(16)11-7-13-9(4)6-14-11/h8-11,13-14H,5-7H2,1-4H3,(H,15,16). The third kappa shape index (κ3) is 3.76. The summed E-state index contributed by atoms with van der Waals surface area (Å²) < 4.78 is 0. The molecule has 1 aliphatic heterocycles. The van der Waals surface area contributed by atoms with Crippen LogP contribution in [0.15, 0.2) is 0 Å². The van der Waals surface area contributed by atoms with E-state index in [2.05, 4.69) is 43.6 Å². The highest BCUT2D eigenvalue weighted by molar-refractivity contribution is 5.82. The third-order valence-corrected chi connectivity index (χ3v) is 3.23. The normalized spacial score (nSPS) is 27.8. The molecule has 1 aliphatic rings. The maximum Gasteiger partial charge on any atom is 0.238 e. The van der Waals surface area contributed by atoms with Crippen LogP contribution in [0.4, 0.5) is 0 Å². The summed E-state index contributed by atoms with van der Waals surface area (Å²) in [6.45, 7) is 10.1. The lowest BCUT2D eigenvalue weighted by atomic mass is 10.0. The summed E-state index contributed by atoms with van der Waals surface area (Å²) >= 11 is 0. The van der Waals surface area contributed by atoms with E-state index in [-0.39, 0.29) is 18.0 Å². The van der Waals surface area contributed by atoms with E-state index in [9.17, 15) is 4.79 Å². The van der Waals surface area contributed by atoms with Crippen molar-refractivity contribution in [2.24, 2.45) is 5.92 Å². The van der Waals surface area contributed by atoms with E-state index in [0.29, 0.717) is 12.0 Å². The fourth-order valence-corrected chi connectivity index (χ4v) is 1.99. The molecule has 1 heterocycles. The van der Waals surface area contributed by atoms with E-state index < -0.39 is 0 Å². The smallest absolute Gasteiger partial charge is 0.238 e. The zero-order chi connectivity index (χ0) is 12.1. The second-order valence-corrected chi connectivity index (χ2v) is 5.04. The Kier molecular flexibility index (Phi) is 5.22. The van der Waals surface area contributed by atoms with E-state index in [1.807, 2.05) is 0 Å². The molecule has 0 radical (unpaired) electrons. The van der Waals surface area contributed by atoms with E-state index in [1.54, 1.807) is 0 Å². The molecular weight excluding hydrogens is 202 g/mol. The number of piperazine rings is 1. The minimum absolute atomic E-state index is 0.0796. The van der Waals surface area contributed by atoms with Gasteiger partial charge < -0.3 is 16.0 Å². The van der Waals surface area contributed by atoms with Crippen molar-refractivity contribution in [2.45, 2.75) is 52.2 Å². The summed E-state index contributed by atoms with van der Waals surface area (Å²) in [6, 6.07) is 0.661. The Morgan fingerprint density at radius 1 is 1.38 bits per heavy atom. The molecule has 1 fully saturated rings. The predicted molar refractivity (Wildman–Crippen MR) is 66.3 cm³/mol. The van der Waals surface area contributed by atoms with Crippen LogP contribution in [-0.4, -0.2) is 37.1 Å². The lowest BCUT2D eigenvalue weighted by molar-refractivity contribution is -0.124. The summed E-state index contributed by atoms with van der Waals surface area (Å²) in [4.78, 5) is 12.0. The Morgan fingerprint density at radius 2 is 2.06 bits per heavy atom. The highest BCUT2D eigenvalue weighted by Gasteiger charge is 2.25. The second-order valence-electron chi connectivity index (χ2n) is 5.04. The SMILES string of the molecule is CCC(NC(=O)C1CNC(C)CN1)C(C)C. The number of carbonyl (C=O) groups is 1. The first-order chi connectivity index (χ1) is 7.54. The maximum absolute atomic E-state index is 12.0. The molecule has 1 rings (SSSR count). The molecule has 1 saturated heterocycles. The van der Waals surface area contributed by atoms with Gasteiger partial charge in [-0.25, -0.2) is 0 Å². The highest BCUT2D eigenvalue weighted by atomic mass is 16.2. The molecule has 0 spiro atoms. The van der Waals surface area contributed by atoms with Crippen LogP contribution in [0.1, 0.15) is 34.1 Å². The molecule has 0 aromatic heterocycles. The molecular formula is C12H25N3O. The van der Waals surface area contributed by atoms with Crippen LogP contribution in [0.2, 0.25) is 0 Å². The highest BCUT2D eigenvalue weighted by Crippen LogP contribution is 2.06. The number of amides is 1. The molecule has 4 nitrogen and oxygen atoms in total. The van der Waals surface area contributed by atoms with Crippen LogP contribution in [-0.2, 0) is 4.79 Å². The van der Waals surface area contributed by atoms with Gasteiger partial charge in [0.1, 0.15) is 0 Å². The molecule has 0 aromatic carbocycles. The van der Waals surface area contributed by atoms with Crippen molar-refractivity contribution in [3.8, 4) is 0 Å². The van der Waals surface area contributed by atoms with Gasteiger partial charge in [-0.1, -0.05) is 20.8 Å². The number of rotatable bonds is 4. The quantitative estimate of drug-likeness (QED) is 0.655. The molecule has 3 atom stereocenters. The second kappa shape index (κ2) is 6.21. The molecule has 0 aromatic rings. The largest absolute Gasteiger partial charge is 0.352 e. The van der Waals surface area contributed by atoms with Crippen molar-refractivity contribution in [1.82, 2.24) is 16.0 Å². The first-order valence-electron chi connectivity index (χ1n) is 6.31. The van der Waals surface area contributed by atoms with Gasteiger partial charge in [0.25, 0.3) is 0 Å². The van der Waals surface area contributed by atoms with Gasteiger partial charge in [-0.3, -0.25) is 4.79 Å². The summed E-state index contributed by atoms with van der Waals surface area (Å²) in [5.41, 5.74) is 0. The molecule has 3 unspecified atom stereocenters. The number of carbonyl (C=O) groups excluding carboxylic acids is 1. The van der Waals surface area contributed by atoms with Crippen molar-refractivity contribution < 1.29 is 4.79 Å². The molecule has 3 N–H and O–H groups in total. The van der Waals surface area contributed by atoms with Gasteiger partial charge in [-0.2, -0.15) is 0 Å². The average molecular weight is 227 g/mol. The number of hydrogen-bond donors (Lipinski definition) is 3. The van der Waals surface area contributed by atoms with Crippen LogP contribution in [0.25, 0.3) is 0 Å². The van der Waals surface area contributed by atoms with Crippen molar-refractivity contribution in [3.63, 3.8) is 0 Å². The van der Waals surface area contributed by atoms with E-state index in [1.165, 1.54) is 0 Å². The van der Waals surface area contributed by atoms with Crippen molar-refractivity contribution >= 4 is 5.91 Å². The van der Waals surface area contributed by atoms with Crippen LogP contribution < -0.4 is 16.0 Å². The summed E-state index contributed by atoms with van der Waals surface area (Å²) in [6.07, 6.45) is 0.986. The van der Waals surface area contributed by atoms with E-state index in [4.69, 9.17) is 0 Å². The average Bonchev–Trinajstić information content (AvgIpc) is 2.26. The van der Waals surface area contributed by atoms with Gasteiger partial charge in [-0.05, 0) is 19.3 Å². The lowest BCUT2D eigenvalue weighted by Gasteiger charge is -2.30. The summed E-state index contributed by atoms with van der Waals surface area (Å²) in [5, 5.41) is 9.68. The molecule has 1 amide bonds. The first-order valence-corrected chi connectivity index (χ1v) is 6.31. The number of hydrogen-bond acceptors (Lipinski definition) is 3. The topological polar surface area (TPSA) is 53.2 Å². The van der Waals surface area contributed by atoms with Gasteiger partial charge in [0.15, 0.2) is 0 Å². The summed E-state index contributed by atoms with van der Waals surface area (Å²) in [5.74, 6) is 0.615. The zero-order valence-electron chi connectivity index (χ0n) is 10.8. The number of nitrogens with one attached hydrogen (secondary N) is 3. The van der Waals surface area contributed by atoms with Crippen LogP contribution in [0.5, 0.6) is 0 Å². The Hall–Kier alpha value is -0.610. The zero-order valence-corrected chi connectivity index (χ0v) is 10.8. The molecule has 0 bridgehead atoms. The first kappa shape index (κ1) is 13.5. The predicted octanol–water partition coefficient (Wildman–Crippen LogP) is 0.487. The minimum Gasteiger partial charge on any atom is -0.352 e. The summed E-state index contributed by atoms with van der Waals surface area (Å²) in [7, 11) is 0. The Bertz CT molecular complexity index is 222. The molecule has 94 valence electrons. The molecule has 0 aliphatic carbocycles. The van der Waals surface area contributed by atoms with Gasteiger partial charge in [0.05, 0.1) is 6.04 Å². The van der Waals surface area contributed by atoms with Crippen molar-refractivity contribution in [2.75, 3.05) is 13.1 Å². The molecule has 0 saturated carbocycles. The Morgan fingerprint density at radius 3 is 2.50 bits per heavy atom. The lowest BCUT2D eigenvalue weighted by Crippen LogP contribution is -2.60. The van der Waals surface area contributed by atoms with Crippen LogP contribution >= 0.6 is 0 Å². The van der Waals surface area contributed by atoms with Crippen LogP contribution in [0, 0.1) is 5.92 Å². The van der Waals surface area contributed by atoms with Gasteiger partial charge in [0.2, 0.25) is 5.91 Å². The van der Waals surface area contributed by atoms with Crippen LogP contribution in [0.3, 0.4) is 0 Å². The van der Waals surface area contributed by atoms with Gasteiger partial charge in [0, 0.05) is 25.2 Å². The van der Waals surface area contributed by atoms with Gasteiger partial charge >= 0.3 is 0 Å². The van der Waals surface area contributed by atoms with E-state index >= 15 is 0 Å². The minimum atomic E-state index is -0.0796. The van der Waals surface area contributed by atoms with E-state index in [0.717, 1.165) is 19.5 Å².